The molecule has 2 rings (SSSR count). The van der Waals surface area contributed by atoms with Crippen molar-refractivity contribution in [1.82, 2.24) is 0 Å². The Morgan fingerprint density at radius 1 is 1.15 bits per heavy atom. The van der Waals surface area contributed by atoms with Gasteiger partial charge in [0.15, 0.2) is 6.26 Å². The van der Waals surface area contributed by atoms with E-state index in [2.05, 4.69) is 6.26 Å². The molecule has 65 valence electrons. The highest BCUT2D eigenvalue weighted by Gasteiger charge is 2.05. The van der Waals surface area contributed by atoms with Crippen molar-refractivity contribution in [2.24, 2.45) is 0 Å². The lowest BCUT2D eigenvalue weighted by Crippen LogP contribution is -1.75. The first-order valence-electron chi connectivity index (χ1n) is 3.68. The van der Waals surface area contributed by atoms with Gasteiger partial charge < -0.3 is 4.42 Å². The Morgan fingerprint density at radius 2 is 2.00 bits per heavy atom. The van der Waals surface area contributed by atoms with Crippen LogP contribution in [0.3, 0.4) is 0 Å². The molecule has 0 saturated carbocycles. The molecule has 1 aromatic carbocycles. The molecule has 1 radical (unpaired) electrons. The van der Waals surface area contributed by atoms with Gasteiger partial charge in [0.2, 0.25) is 0 Å². The molecule has 0 saturated heterocycles. The molecule has 0 spiro atoms. The largest absolute Gasteiger partial charge is 0.453 e. The summed E-state index contributed by atoms with van der Waals surface area (Å²) in [6.07, 6.45) is 2.60. The van der Waals surface area contributed by atoms with Gasteiger partial charge >= 0.3 is 0 Å². The summed E-state index contributed by atoms with van der Waals surface area (Å²) in [6, 6.07) is 8.76. The van der Waals surface area contributed by atoms with Gasteiger partial charge in [-0.15, -0.1) is 0 Å². The standard InChI is InChI=1S/C10H5Cl2O/c11-7-3-4-8(9(12)6-7)10-2-1-5-13-10/h1-4,6H. The molecule has 13 heavy (non-hydrogen) atoms. The molecule has 0 amide bonds. The molecule has 0 aliphatic rings. The third-order valence-corrected chi connectivity index (χ3v) is 2.22. The minimum Gasteiger partial charge on any atom is -0.453 e. The summed E-state index contributed by atoms with van der Waals surface area (Å²) in [5.74, 6) is 0.696. The van der Waals surface area contributed by atoms with Crippen LogP contribution in [0.4, 0.5) is 0 Å². The molecular formula is C10H5Cl2O. The van der Waals surface area contributed by atoms with Crippen LogP contribution in [0.1, 0.15) is 0 Å². The summed E-state index contributed by atoms with van der Waals surface area (Å²) in [6.45, 7) is 0. The topological polar surface area (TPSA) is 13.1 Å². The molecule has 0 bridgehead atoms. The summed E-state index contributed by atoms with van der Waals surface area (Å²) < 4.78 is 5.09. The van der Waals surface area contributed by atoms with Crippen molar-refractivity contribution in [3.63, 3.8) is 0 Å². The maximum Gasteiger partial charge on any atom is 0.170 e. The summed E-state index contributed by atoms with van der Waals surface area (Å²) in [7, 11) is 0. The number of hydrogen-bond acceptors (Lipinski definition) is 1. The third-order valence-electron chi connectivity index (χ3n) is 1.67. The minimum atomic E-state index is 0.579. The molecule has 0 N–H and O–H groups in total. The van der Waals surface area contributed by atoms with Crippen molar-refractivity contribution in [3.8, 4) is 11.3 Å². The molecule has 1 heterocycles. The summed E-state index contributed by atoms with van der Waals surface area (Å²) >= 11 is 11.7. The van der Waals surface area contributed by atoms with Gasteiger partial charge in [0.1, 0.15) is 5.76 Å². The Kier molecular flexibility index (Phi) is 2.30. The van der Waals surface area contributed by atoms with Crippen molar-refractivity contribution in [2.45, 2.75) is 0 Å². The average molecular weight is 212 g/mol. The first-order chi connectivity index (χ1) is 6.27. The van der Waals surface area contributed by atoms with Gasteiger partial charge in [-0.05, 0) is 30.3 Å². The van der Waals surface area contributed by atoms with E-state index >= 15 is 0 Å². The lowest BCUT2D eigenvalue weighted by Gasteiger charge is -1.99. The molecule has 0 aliphatic carbocycles. The van der Waals surface area contributed by atoms with Crippen LogP contribution in [-0.4, -0.2) is 0 Å². The van der Waals surface area contributed by atoms with Gasteiger partial charge in [-0.2, -0.15) is 0 Å². The summed E-state index contributed by atoms with van der Waals surface area (Å²) in [5, 5.41) is 1.19. The Bertz CT molecular complexity index is 407. The van der Waals surface area contributed by atoms with E-state index < -0.39 is 0 Å². The quantitative estimate of drug-likeness (QED) is 0.694. The Balaban J connectivity index is 2.53. The molecule has 1 aromatic heterocycles. The molecule has 0 aliphatic heterocycles. The second kappa shape index (κ2) is 3.44. The van der Waals surface area contributed by atoms with Crippen molar-refractivity contribution in [2.75, 3.05) is 0 Å². The van der Waals surface area contributed by atoms with E-state index in [-0.39, 0.29) is 0 Å². The van der Waals surface area contributed by atoms with E-state index in [1.165, 1.54) is 0 Å². The van der Waals surface area contributed by atoms with Gasteiger partial charge in [-0.3, -0.25) is 0 Å². The maximum atomic E-state index is 5.96. The third kappa shape index (κ3) is 1.71. The van der Waals surface area contributed by atoms with Gasteiger partial charge in [0.25, 0.3) is 0 Å². The monoisotopic (exact) mass is 211 g/mol. The van der Waals surface area contributed by atoms with Crippen molar-refractivity contribution in [1.29, 1.82) is 0 Å². The molecule has 1 nitrogen and oxygen atoms in total. The van der Waals surface area contributed by atoms with Crippen LogP contribution in [-0.2, 0) is 0 Å². The zero-order valence-electron chi connectivity index (χ0n) is 6.55. The van der Waals surface area contributed by atoms with Crippen molar-refractivity contribution >= 4 is 23.2 Å². The van der Waals surface area contributed by atoms with Crippen LogP contribution in [0.25, 0.3) is 11.3 Å². The highest BCUT2D eigenvalue weighted by Crippen LogP contribution is 2.30. The predicted molar refractivity (Wildman–Crippen MR) is 53.0 cm³/mol. The Morgan fingerprint density at radius 3 is 2.62 bits per heavy atom. The number of furan rings is 1. The lowest BCUT2D eigenvalue weighted by molar-refractivity contribution is 0.573. The molecule has 0 fully saturated rings. The predicted octanol–water partition coefficient (Wildman–Crippen LogP) is 4.05. The molecule has 2 aromatic rings. The fraction of sp³-hybridized carbons (Fsp3) is 0. The number of benzene rings is 1. The summed E-state index contributed by atoms with van der Waals surface area (Å²) in [5.41, 5.74) is 0.826. The second-order valence-corrected chi connectivity index (χ2v) is 3.39. The van der Waals surface area contributed by atoms with E-state index in [0.29, 0.717) is 15.8 Å². The van der Waals surface area contributed by atoms with E-state index in [1.807, 2.05) is 6.07 Å². The van der Waals surface area contributed by atoms with Gasteiger partial charge in [0.05, 0.1) is 5.02 Å². The summed E-state index contributed by atoms with van der Waals surface area (Å²) in [4.78, 5) is 0. The van der Waals surface area contributed by atoms with Gasteiger partial charge in [0, 0.05) is 10.6 Å². The van der Waals surface area contributed by atoms with Crippen LogP contribution in [0, 0.1) is 6.26 Å². The minimum absolute atomic E-state index is 0.579. The van der Waals surface area contributed by atoms with Crippen LogP contribution >= 0.6 is 23.2 Å². The molecule has 0 atom stereocenters. The molecular weight excluding hydrogens is 207 g/mol. The SMILES string of the molecule is Clc1ccc(-c2cc[c]o2)c(Cl)c1. The fourth-order valence-electron chi connectivity index (χ4n) is 1.08. The van der Waals surface area contributed by atoms with E-state index in [4.69, 9.17) is 27.6 Å². The maximum absolute atomic E-state index is 5.96. The van der Waals surface area contributed by atoms with E-state index in [1.54, 1.807) is 24.3 Å². The number of hydrogen-bond donors (Lipinski definition) is 0. The second-order valence-electron chi connectivity index (χ2n) is 2.54. The van der Waals surface area contributed by atoms with Crippen LogP contribution in [0.5, 0.6) is 0 Å². The fourth-order valence-corrected chi connectivity index (χ4v) is 1.58. The van der Waals surface area contributed by atoms with Crippen LogP contribution < -0.4 is 0 Å². The molecule has 0 unspecified atom stereocenters. The Labute approximate surface area is 85.9 Å². The van der Waals surface area contributed by atoms with Gasteiger partial charge in [-0.25, -0.2) is 0 Å². The lowest BCUT2D eigenvalue weighted by atomic mass is 10.2. The zero-order chi connectivity index (χ0) is 9.26. The number of rotatable bonds is 1. The van der Waals surface area contributed by atoms with Crippen LogP contribution in [0.2, 0.25) is 10.0 Å². The average Bonchev–Trinajstić information content (AvgIpc) is 2.56. The Hall–Kier alpha value is -0.920. The van der Waals surface area contributed by atoms with Crippen LogP contribution in [0.15, 0.2) is 34.7 Å². The highest BCUT2D eigenvalue weighted by atomic mass is 35.5. The van der Waals surface area contributed by atoms with Crippen molar-refractivity contribution < 1.29 is 4.42 Å². The van der Waals surface area contributed by atoms with E-state index in [9.17, 15) is 0 Å². The first-order valence-corrected chi connectivity index (χ1v) is 4.44. The van der Waals surface area contributed by atoms with Crippen molar-refractivity contribution in [3.05, 3.63) is 46.6 Å². The highest BCUT2D eigenvalue weighted by molar-refractivity contribution is 6.36. The first kappa shape index (κ1) is 8.67. The molecule has 3 heteroatoms. The number of halogens is 2. The smallest absolute Gasteiger partial charge is 0.170 e. The normalized spacial score (nSPS) is 10.3. The van der Waals surface area contributed by atoms with E-state index in [0.717, 1.165) is 5.56 Å². The zero-order valence-corrected chi connectivity index (χ0v) is 8.06. The van der Waals surface area contributed by atoms with Gasteiger partial charge in [-0.1, -0.05) is 23.2 Å².